The molecule has 34 heavy (non-hydrogen) atoms. The first-order valence-corrected chi connectivity index (χ1v) is 12.3. The Balaban J connectivity index is 1.96. The third-order valence-electron chi connectivity index (χ3n) is 5.70. The lowest BCUT2D eigenvalue weighted by Gasteiger charge is -2.14. The second-order valence-corrected chi connectivity index (χ2v) is 9.53. The van der Waals surface area contributed by atoms with E-state index < -0.39 is 15.7 Å². The predicted molar refractivity (Wildman–Crippen MR) is 130 cm³/mol. The highest BCUT2D eigenvalue weighted by Gasteiger charge is 2.26. The largest absolute Gasteiger partial charge is 0.497 e. The number of methoxy groups -OCH3 is 1. The Labute approximate surface area is 197 Å². The Morgan fingerprint density at radius 3 is 2.06 bits per heavy atom. The Hall–Kier alpha value is -3.85. The summed E-state index contributed by atoms with van der Waals surface area (Å²) in [6, 6.07) is 17.6. The number of ether oxygens (including phenoxy) is 1. The predicted octanol–water partition coefficient (Wildman–Crippen LogP) is 3.94. The molecule has 0 spiro atoms. The second-order valence-electron chi connectivity index (χ2n) is 7.61. The van der Waals surface area contributed by atoms with Crippen LogP contribution in [0.1, 0.15) is 24.2 Å². The van der Waals surface area contributed by atoms with Crippen LogP contribution in [0.3, 0.4) is 0 Å². The maximum Gasteiger partial charge on any atom is 0.329 e. The van der Waals surface area contributed by atoms with E-state index in [0.717, 1.165) is 0 Å². The SMILES string of the molecule is CCn1c(=O)n(CC)c2cc(S(=O)(=O)c3ccc(OC)cc3)c(NC(=O)c3ccccc3)cc21. The summed E-state index contributed by atoms with van der Waals surface area (Å²) in [7, 11) is -2.55. The minimum absolute atomic E-state index is 0.0446. The van der Waals surface area contributed by atoms with Gasteiger partial charge >= 0.3 is 5.69 Å². The van der Waals surface area contributed by atoms with Crippen LogP contribution in [0.25, 0.3) is 11.0 Å². The highest BCUT2D eigenvalue weighted by molar-refractivity contribution is 7.91. The van der Waals surface area contributed by atoms with Crippen LogP contribution in [0.2, 0.25) is 0 Å². The van der Waals surface area contributed by atoms with Crippen LogP contribution in [0.15, 0.2) is 81.3 Å². The quantitative estimate of drug-likeness (QED) is 0.433. The van der Waals surface area contributed by atoms with Gasteiger partial charge in [0.05, 0.1) is 33.6 Å². The van der Waals surface area contributed by atoms with Gasteiger partial charge in [0.1, 0.15) is 5.75 Å². The average Bonchev–Trinajstić information content (AvgIpc) is 3.13. The third kappa shape index (κ3) is 3.99. The fourth-order valence-corrected chi connectivity index (χ4v) is 5.35. The highest BCUT2D eigenvalue weighted by Crippen LogP contribution is 2.33. The van der Waals surface area contributed by atoms with Gasteiger partial charge in [-0.15, -0.1) is 0 Å². The lowest BCUT2D eigenvalue weighted by molar-refractivity contribution is 0.102. The third-order valence-corrected chi connectivity index (χ3v) is 7.51. The molecule has 0 fully saturated rings. The van der Waals surface area contributed by atoms with Gasteiger partial charge in [0.15, 0.2) is 0 Å². The van der Waals surface area contributed by atoms with Gasteiger partial charge in [-0.3, -0.25) is 13.9 Å². The van der Waals surface area contributed by atoms with Gasteiger partial charge in [0.2, 0.25) is 9.84 Å². The number of hydrogen-bond donors (Lipinski definition) is 1. The zero-order chi connectivity index (χ0) is 24.5. The normalized spacial score (nSPS) is 11.5. The monoisotopic (exact) mass is 479 g/mol. The molecule has 9 heteroatoms. The molecule has 8 nitrogen and oxygen atoms in total. The first-order chi connectivity index (χ1) is 16.3. The van der Waals surface area contributed by atoms with Crippen molar-refractivity contribution in [3.63, 3.8) is 0 Å². The Morgan fingerprint density at radius 1 is 0.912 bits per heavy atom. The summed E-state index contributed by atoms with van der Waals surface area (Å²) in [6.45, 7) is 4.44. The summed E-state index contributed by atoms with van der Waals surface area (Å²) in [5.41, 5.74) is 1.28. The smallest absolute Gasteiger partial charge is 0.329 e. The summed E-state index contributed by atoms with van der Waals surface area (Å²) in [4.78, 5) is 25.8. The molecule has 1 amide bonds. The first-order valence-electron chi connectivity index (χ1n) is 10.8. The van der Waals surface area contributed by atoms with Crippen LogP contribution in [-0.4, -0.2) is 30.6 Å². The Kier molecular flexibility index (Phi) is 6.30. The van der Waals surface area contributed by atoms with Crippen LogP contribution in [-0.2, 0) is 22.9 Å². The molecule has 4 aromatic rings. The maximum atomic E-state index is 13.7. The number of nitrogens with zero attached hydrogens (tertiary/aromatic N) is 2. The average molecular weight is 480 g/mol. The van der Waals surface area contributed by atoms with Crippen LogP contribution < -0.4 is 15.7 Å². The lowest BCUT2D eigenvalue weighted by Crippen LogP contribution is -2.23. The first kappa shape index (κ1) is 23.3. The van der Waals surface area contributed by atoms with Gasteiger partial charge in [-0.2, -0.15) is 0 Å². The van der Waals surface area contributed by atoms with Gasteiger partial charge in [0.25, 0.3) is 5.91 Å². The number of aryl methyl sites for hydroxylation is 2. The van der Waals surface area contributed by atoms with Crippen molar-refractivity contribution < 1.29 is 17.9 Å². The fraction of sp³-hybridized carbons (Fsp3) is 0.200. The minimum Gasteiger partial charge on any atom is -0.497 e. The summed E-state index contributed by atoms with van der Waals surface area (Å²) in [5, 5.41) is 2.75. The number of carbonyl (C=O) groups excluding carboxylic acids is 1. The van der Waals surface area contributed by atoms with Gasteiger partial charge < -0.3 is 10.1 Å². The molecule has 0 saturated heterocycles. The van der Waals surface area contributed by atoms with E-state index in [9.17, 15) is 18.0 Å². The molecule has 0 aliphatic carbocycles. The molecule has 3 aromatic carbocycles. The van der Waals surface area contributed by atoms with Crippen molar-refractivity contribution >= 4 is 32.5 Å². The molecule has 4 rings (SSSR count). The van der Waals surface area contributed by atoms with Crippen LogP contribution in [0.4, 0.5) is 5.69 Å². The zero-order valence-corrected chi connectivity index (χ0v) is 19.9. The van der Waals surface area contributed by atoms with E-state index in [4.69, 9.17) is 4.74 Å². The van der Waals surface area contributed by atoms with E-state index in [1.807, 2.05) is 13.8 Å². The molecule has 0 radical (unpaired) electrons. The number of sulfone groups is 1. The van der Waals surface area contributed by atoms with Crippen molar-refractivity contribution in [3.8, 4) is 5.75 Å². The number of benzene rings is 3. The van der Waals surface area contributed by atoms with Gasteiger partial charge in [-0.25, -0.2) is 13.2 Å². The highest BCUT2D eigenvalue weighted by atomic mass is 32.2. The molecule has 0 unspecified atom stereocenters. The van der Waals surface area contributed by atoms with Crippen LogP contribution in [0.5, 0.6) is 5.75 Å². The standard InChI is InChI=1S/C25H25N3O5S/c1-4-27-21-15-20(26-24(29)17-9-7-6-8-10-17)23(16-22(21)28(5-2)25(27)30)34(31,32)19-13-11-18(33-3)12-14-19/h6-16H,4-5H2,1-3H3,(H,26,29). The molecule has 0 saturated carbocycles. The minimum atomic E-state index is -4.04. The van der Waals surface area contributed by atoms with E-state index in [2.05, 4.69) is 5.32 Å². The Morgan fingerprint density at radius 2 is 1.50 bits per heavy atom. The molecule has 0 atom stereocenters. The molecule has 0 aliphatic heterocycles. The summed E-state index contributed by atoms with van der Waals surface area (Å²) in [5.74, 6) is 0.0679. The molecular formula is C25H25N3O5S. The van der Waals surface area contributed by atoms with Crippen LogP contribution >= 0.6 is 0 Å². The van der Waals surface area contributed by atoms with E-state index in [1.54, 1.807) is 53.1 Å². The lowest BCUT2D eigenvalue weighted by atomic mass is 10.2. The Bertz CT molecular complexity index is 1520. The topological polar surface area (TPSA) is 99.4 Å². The van der Waals surface area contributed by atoms with E-state index in [1.165, 1.54) is 29.9 Å². The van der Waals surface area contributed by atoms with Gasteiger partial charge in [0, 0.05) is 18.7 Å². The molecule has 1 heterocycles. The van der Waals surface area contributed by atoms with Crippen molar-refractivity contribution in [1.29, 1.82) is 0 Å². The van der Waals surface area contributed by atoms with Gasteiger partial charge in [-0.1, -0.05) is 18.2 Å². The number of carbonyl (C=O) groups is 1. The molecule has 0 bridgehead atoms. The molecule has 176 valence electrons. The maximum absolute atomic E-state index is 13.7. The second kappa shape index (κ2) is 9.18. The summed E-state index contributed by atoms with van der Waals surface area (Å²) >= 11 is 0. The number of hydrogen-bond acceptors (Lipinski definition) is 5. The van der Waals surface area contributed by atoms with Crippen molar-refractivity contribution in [1.82, 2.24) is 9.13 Å². The van der Waals surface area contributed by atoms with E-state index in [-0.39, 0.29) is 21.2 Å². The number of amides is 1. The zero-order valence-electron chi connectivity index (χ0n) is 19.1. The molecular weight excluding hydrogens is 454 g/mol. The summed E-state index contributed by atoms with van der Waals surface area (Å²) < 4.78 is 35.6. The fourth-order valence-electron chi connectivity index (χ4n) is 3.94. The van der Waals surface area contributed by atoms with Crippen molar-refractivity contribution in [2.75, 3.05) is 12.4 Å². The van der Waals surface area contributed by atoms with Crippen LogP contribution in [0, 0.1) is 0 Å². The number of fused-ring (bicyclic) bond motifs is 1. The molecule has 1 N–H and O–H groups in total. The number of imidazole rings is 1. The molecule has 1 aromatic heterocycles. The van der Waals surface area contributed by atoms with Crippen molar-refractivity contribution in [2.24, 2.45) is 0 Å². The van der Waals surface area contributed by atoms with Gasteiger partial charge in [-0.05, 0) is 62.4 Å². The van der Waals surface area contributed by atoms with E-state index in [0.29, 0.717) is 35.4 Å². The molecule has 0 aliphatic rings. The summed E-state index contributed by atoms with van der Waals surface area (Å²) in [6.07, 6.45) is 0. The number of aromatic nitrogens is 2. The number of anilines is 1. The van der Waals surface area contributed by atoms with E-state index >= 15 is 0 Å². The number of nitrogens with one attached hydrogen (secondary N) is 1. The van der Waals surface area contributed by atoms with Crippen molar-refractivity contribution in [3.05, 3.63) is 82.8 Å². The van der Waals surface area contributed by atoms with Crippen molar-refractivity contribution in [2.45, 2.75) is 36.7 Å². The number of rotatable bonds is 7.